The average Bonchev–Trinajstić information content (AvgIpc) is 2.75. The zero-order valence-electron chi connectivity index (χ0n) is 10.4. The standard InChI is InChI=1S/C11H13N3O6/c15-6-3-7(10(18)19)14(4-6)9(17)5-13-2-1-8(16)12-11(13)20/h1-2,6-7,15H,3-5H2,(H,18,19)(H,12,16,20)/t6-,7+/m1/s1. The summed E-state index contributed by atoms with van der Waals surface area (Å²) in [4.78, 5) is 48.4. The second-order valence-corrected chi connectivity index (χ2v) is 4.53. The summed E-state index contributed by atoms with van der Waals surface area (Å²) in [6.07, 6.45) is 0.218. The van der Waals surface area contributed by atoms with Gasteiger partial charge in [-0.15, -0.1) is 0 Å². The number of H-pyrrole nitrogens is 1. The molecule has 1 amide bonds. The van der Waals surface area contributed by atoms with Crippen LogP contribution in [0.3, 0.4) is 0 Å². The van der Waals surface area contributed by atoms with Crippen molar-refractivity contribution in [3.63, 3.8) is 0 Å². The number of carboxylic acids is 1. The number of nitrogens with zero attached hydrogens (tertiary/aromatic N) is 2. The molecule has 3 N–H and O–H groups in total. The summed E-state index contributed by atoms with van der Waals surface area (Å²) in [5, 5.41) is 18.4. The fraction of sp³-hybridized carbons (Fsp3) is 0.455. The van der Waals surface area contributed by atoms with Crippen LogP contribution in [0.4, 0.5) is 0 Å². The van der Waals surface area contributed by atoms with E-state index >= 15 is 0 Å². The smallest absolute Gasteiger partial charge is 0.328 e. The number of hydrogen-bond donors (Lipinski definition) is 3. The van der Waals surface area contributed by atoms with Crippen LogP contribution in [0.25, 0.3) is 0 Å². The van der Waals surface area contributed by atoms with Crippen molar-refractivity contribution < 1.29 is 19.8 Å². The van der Waals surface area contributed by atoms with E-state index in [1.807, 2.05) is 4.98 Å². The molecule has 0 saturated carbocycles. The Balaban J connectivity index is 2.17. The average molecular weight is 283 g/mol. The second-order valence-electron chi connectivity index (χ2n) is 4.53. The number of carbonyl (C=O) groups excluding carboxylic acids is 1. The monoisotopic (exact) mass is 283 g/mol. The zero-order valence-corrected chi connectivity index (χ0v) is 10.4. The van der Waals surface area contributed by atoms with E-state index in [2.05, 4.69) is 0 Å². The molecule has 20 heavy (non-hydrogen) atoms. The van der Waals surface area contributed by atoms with Crippen LogP contribution in [-0.4, -0.2) is 55.2 Å². The highest BCUT2D eigenvalue weighted by Crippen LogP contribution is 2.18. The van der Waals surface area contributed by atoms with Gasteiger partial charge in [-0.25, -0.2) is 9.59 Å². The molecule has 9 heteroatoms. The van der Waals surface area contributed by atoms with E-state index in [-0.39, 0.29) is 13.0 Å². The fourth-order valence-corrected chi connectivity index (χ4v) is 2.13. The first kappa shape index (κ1) is 14.0. The highest BCUT2D eigenvalue weighted by atomic mass is 16.4. The summed E-state index contributed by atoms with van der Waals surface area (Å²) >= 11 is 0. The fourth-order valence-electron chi connectivity index (χ4n) is 2.13. The van der Waals surface area contributed by atoms with Crippen LogP contribution >= 0.6 is 0 Å². The van der Waals surface area contributed by atoms with Crippen LogP contribution in [0.1, 0.15) is 6.42 Å². The Hall–Kier alpha value is -2.42. The maximum absolute atomic E-state index is 12.0. The number of aliphatic hydroxyl groups excluding tert-OH is 1. The molecule has 1 fully saturated rings. The van der Waals surface area contributed by atoms with Crippen LogP contribution in [0.15, 0.2) is 21.9 Å². The maximum atomic E-state index is 12.0. The van der Waals surface area contributed by atoms with Gasteiger partial charge >= 0.3 is 11.7 Å². The number of likely N-dealkylation sites (tertiary alicyclic amines) is 1. The summed E-state index contributed by atoms with van der Waals surface area (Å²) in [5.41, 5.74) is -1.34. The molecular formula is C11H13N3O6. The number of aliphatic carboxylic acids is 1. The molecule has 2 heterocycles. The van der Waals surface area contributed by atoms with Gasteiger partial charge in [0.2, 0.25) is 5.91 Å². The number of aromatic nitrogens is 2. The predicted molar refractivity (Wildman–Crippen MR) is 65.1 cm³/mol. The van der Waals surface area contributed by atoms with Crippen molar-refractivity contribution >= 4 is 11.9 Å². The normalized spacial score (nSPS) is 21.9. The van der Waals surface area contributed by atoms with Gasteiger partial charge in [0.1, 0.15) is 12.6 Å². The molecule has 0 radical (unpaired) electrons. The van der Waals surface area contributed by atoms with E-state index in [9.17, 15) is 24.3 Å². The zero-order chi connectivity index (χ0) is 14.9. The van der Waals surface area contributed by atoms with Gasteiger partial charge in [0.15, 0.2) is 0 Å². The molecule has 0 bridgehead atoms. The summed E-state index contributed by atoms with van der Waals surface area (Å²) in [6, 6.07) is -0.0155. The molecule has 1 aromatic heterocycles. The van der Waals surface area contributed by atoms with E-state index in [1.54, 1.807) is 0 Å². The van der Waals surface area contributed by atoms with Gasteiger partial charge in [0.25, 0.3) is 5.56 Å². The molecule has 0 unspecified atom stereocenters. The van der Waals surface area contributed by atoms with Crippen molar-refractivity contribution in [3.8, 4) is 0 Å². The Kier molecular flexibility index (Phi) is 3.70. The summed E-state index contributed by atoms with van der Waals surface area (Å²) < 4.78 is 0.966. The Morgan fingerprint density at radius 2 is 2.10 bits per heavy atom. The number of β-amino-alcohol motifs (C(OH)–C–C–N with tert-alkyl or cyclic N) is 1. The number of rotatable bonds is 3. The van der Waals surface area contributed by atoms with Gasteiger partial charge in [0, 0.05) is 25.2 Å². The van der Waals surface area contributed by atoms with Gasteiger partial charge in [-0.05, 0) is 0 Å². The molecule has 2 atom stereocenters. The topological polar surface area (TPSA) is 133 Å². The number of aromatic amines is 1. The number of carbonyl (C=O) groups is 2. The Morgan fingerprint density at radius 1 is 1.40 bits per heavy atom. The van der Waals surface area contributed by atoms with Gasteiger partial charge in [0.05, 0.1) is 6.10 Å². The van der Waals surface area contributed by atoms with Crippen LogP contribution in [0.5, 0.6) is 0 Å². The van der Waals surface area contributed by atoms with Gasteiger partial charge < -0.3 is 15.1 Å². The Bertz CT molecular complexity index is 648. The number of nitrogens with one attached hydrogen (secondary N) is 1. The lowest BCUT2D eigenvalue weighted by Crippen LogP contribution is -2.44. The highest BCUT2D eigenvalue weighted by molar-refractivity contribution is 5.84. The van der Waals surface area contributed by atoms with Crippen molar-refractivity contribution in [2.24, 2.45) is 0 Å². The quantitative estimate of drug-likeness (QED) is 0.565. The van der Waals surface area contributed by atoms with Gasteiger partial charge in [-0.1, -0.05) is 0 Å². The van der Waals surface area contributed by atoms with Gasteiger partial charge in [-0.2, -0.15) is 0 Å². The lowest BCUT2D eigenvalue weighted by Gasteiger charge is -2.21. The first-order chi connectivity index (χ1) is 9.38. The third-order valence-electron chi connectivity index (χ3n) is 3.09. The van der Waals surface area contributed by atoms with E-state index < -0.39 is 41.8 Å². The van der Waals surface area contributed by atoms with Crippen LogP contribution < -0.4 is 11.2 Å². The molecule has 1 saturated heterocycles. The summed E-state index contributed by atoms with van der Waals surface area (Å²) in [5.74, 6) is -1.81. The Morgan fingerprint density at radius 3 is 2.70 bits per heavy atom. The van der Waals surface area contributed by atoms with Gasteiger partial charge in [-0.3, -0.25) is 19.1 Å². The van der Waals surface area contributed by atoms with Crippen molar-refractivity contribution in [2.45, 2.75) is 25.1 Å². The molecule has 1 aromatic rings. The molecule has 2 rings (SSSR count). The molecule has 0 aromatic carbocycles. The van der Waals surface area contributed by atoms with Crippen LogP contribution in [-0.2, 0) is 16.1 Å². The van der Waals surface area contributed by atoms with Crippen LogP contribution in [0, 0.1) is 0 Å². The summed E-state index contributed by atoms with van der Waals surface area (Å²) in [7, 11) is 0. The molecule has 1 aliphatic rings. The number of carboxylic acid groups (broad SMARTS) is 1. The van der Waals surface area contributed by atoms with Crippen molar-refractivity contribution in [1.29, 1.82) is 0 Å². The molecule has 0 aliphatic carbocycles. The van der Waals surface area contributed by atoms with E-state index in [1.165, 1.54) is 0 Å². The minimum atomic E-state index is -1.20. The first-order valence-electron chi connectivity index (χ1n) is 5.88. The van der Waals surface area contributed by atoms with Crippen molar-refractivity contribution in [3.05, 3.63) is 33.1 Å². The largest absolute Gasteiger partial charge is 0.480 e. The number of aliphatic hydroxyl groups is 1. The third kappa shape index (κ3) is 2.77. The molecular weight excluding hydrogens is 270 g/mol. The number of hydrogen-bond acceptors (Lipinski definition) is 5. The minimum absolute atomic E-state index is 0.0401. The molecule has 108 valence electrons. The van der Waals surface area contributed by atoms with E-state index in [0.29, 0.717) is 0 Å². The molecule has 9 nitrogen and oxygen atoms in total. The molecule has 0 spiro atoms. The highest BCUT2D eigenvalue weighted by Gasteiger charge is 2.38. The second kappa shape index (κ2) is 5.29. The number of amides is 1. The third-order valence-corrected chi connectivity index (χ3v) is 3.09. The summed E-state index contributed by atoms with van der Waals surface area (Å²) in [6.45, 7) is -0.486. The van der Waals surface area contributed by atoms with E-state index in [4.69, 9.17) is 5.11 Å². The van der Waals surface area contributed by atoms with Crippen LogP contribution in [0.2, 0.25) is 0 Å². The molecule has 1 aliphatic heterocycles. The van der Waals surface area contributed by atoms with Crippen molar-refractivity contribution in [1.82, 2.24) is 14.5 Å². The maximum Gasteiger partial charge on any atom is 0.328 e. The predicted octanol–water partition coefficient (Wildman–Crippen LogP) is -2.42. The lowest BCUT2D eigenvalue weighted by molar-refractivity contribution is -0.148. The minimum Gasteiger partial charge on any atom is -0.480 e. The first-order valence-corrected chi connectivity index (χ1v) is 5.88. The van der Waals surface area contributed by atoms with Crippen molar-refractivity contribution in [2.75, 3.05) is 6.54 Å². The SMILES string of the molecule is O=C(O)[C@@H]1C[C@@H](O)CN1C(=O)Cn1ccc(=O)[nH]c1=O. The van der Waals surface area contributed by atoms with E-state index in [0.717, 1.165) is 21.7 Å². The Labute approximate surface area is 112 Å². The lowest BCUT2D eigenvalue weighted by atomic mass is 10.2.